The zero-order valence-corrected chi connectivity index (χ0v) is 55.8. The molecule has 0 aromatic carbocycles. The van der Waals surface area contributed by atoms with Gasteiger partial charge in [-0.3, -0.25) is 9.59 Å². The van der Waals surface area contributed by atoms with Crippen LogP contribution in [0.4, 0.5) is 0 Å². The van der Waals surface area contributed by atoms with Crippen molar-refractivity contribution < 1.29 is 24.5 Å². The molecule has 0 bridgehead atoms. The van der Waals surface area contributed by atoms with E-state index in [4.69, 9.17) is 4.74 Å². The van der Waals surface area contributed by atoms with Crippen molar-refractivity contribution in [3.05, 3.63) is 24.3 Å². The largest absolute Gasteiger partial charge is 0.466 e. The van der Waals surface area contributed by atoms with Crippen LogP contribution in [0.25, 0.3) is 0 Å². The van der Waals surface area contributed by atoms with Gasteiger partial charge >= 0.3 is 5.97 Å². The van der Waals surface area contributed by atoms with E-state index in [0.29, 0.717) is 19.4 Å². The average Bonchev–Trinajstić information content (AvgIpc) is 3.48. The minimum absolute atomic E-state index is 0.0198. The molecule has 1 amide bonds. The highest BCUT2D eigenvalue weighted by molar-refractivity contribution is 5.76. The maximum Gasteiger partial charge on any atom is 0.305 e. The lowest BCUT2D eigenvalue weighted by atomic mass is 10.0. The molecule has 0 aromatic rings. The number of hydrogen-bond donors (Lipinski definition) is 3. The van der Waals surface area contributed by atoms with Gasteiger partial charge in [0.25, 0.3) is 0 Å². The SMILES string of the molecule is CCCCCCCC/C=C\CCCCCCCCCC(=O)OCCCCCCCCCCCCCCCCCCCCCCCCCCCCCCCCCCCCCC(=O)NC(CO)C(O)/C=C/CCCCCCCCCCCCC. The average molecular weight is 1160 g/mol. The van der Waals surface area contributed by atoms with Gasteiger partial charge in [0, 0.05) is 12.8 Å². The molecule has 6 nitrogen and oxygen atoms in total. The minimum atomic E-state index is -0.839. The number of rotatable bonds is 71. The van der Waals surface area contributed by atoms with Crippen LogP contribution >= 0.6 is 0 Å². The third-order valence-corrected chi connectivity index (χ3v) is 17.7. The van der Waals surface area contributed by atoms with Gasteiger partial charge in [0.05, 0.1) is 25.4 Å². The van der Waals surface area contributed by atoms with Crippen LogP contribution < -0.4 is 5.32 Å². The van der Waals surface area contributed by atoms with Crippen LogP contribution in [0.3, 0.4) is 0 Å². The molecule has 486 valence electrons. The van der Waals surface area contributed by atoms with E-state index in [-0.39, 0.29) is 18.5 Å². The summed E-state index contributed by atoms with van der Waals surface area (Å²) in [4.78, 5) is 24.6. The van der Waals surface area contributed by atoms with Crippen LogP contribution in [0.15, 0.2) is 24.3 Å². The first kappa shape index (κ1) is 80.3. The number of carbonyl (C=O) groups is 2. The monoisotopic (exact) mass is 1150 g/mol. The van der Waals surface area contributed by atoms with E-state index in [1.165, 1.54) is 360 Å². The maximum atomic E-state index is 12.5. The topological polar surface area (TPSA) is 95.9 Å². The Morgan fingerprint density at radius 1 is 0.329 bits per heavy atom. The number of allylic oxidation sites excluding steroid dienone is 3. The van der Waals surface area contributed by atoms with Crippen LogP contribution in [0.5, 0.6) is 0 Å². The summed E-state index contributed by atoms with van der Waals surface area (Å²) in [6.45, 7) is 4.93. The number of unbranched alkanes of at least 4 members (excludes halogenated alkanes) is 58. The zero-order chi connectivity index (χ0) is 59.2. The quantitative estimate of drug-likeness (QED) is 0.0320. The molecular weight excluding hydrogens is 1010 g/mol. The second-order valence-corrected chi connectivity index (χ2v) is 26.0. The number of hydrogen-bond acceptors (Lipinski definition) is 5. The molecule has 0 fully saturated rings. The molecule has 82 heavy (non-hydrogen) atoms. The van der Waals surface area contributed by atoms with Crippen LogP contribution in [0.2, 0.25) is 0 Å². The Labute approximate surface area is 513 Å². The fraction of sp³-hybridized carbons (Fsp3) is 0.921. The van der Waals surface area contributed by atoms with Crippen molar-refractivity contribution in [2.24, 2.45) is 0 Å². The molecule has 2 unspecified atom stereocenters. The minimum Gasteiger partial charge on any atom is -0.466 e. The van der Waals surface area contributed by atoms with E-state index < -0.39 is 12.1 Å². The molecule has 0 heterocycles. The van der Waals surface area contributed by atoms with Crippen LogP contribution in [0, 0.1) is 0 Å². The predicted octanol–water partition coefficient (Wildman–Crippen LogP) is 24.5. The summed E-state index contributed by atoms with van der Waals surface area (Å²) in [7, 11) is 0. The summed E-state index contributed by atoms with van der Waals surface area (Å²) in [6, 6.07) is -0.623. The maximum absolute atomic E-state index is 12.5. The number of carbonyl (C=O) groups excluding carboxylic acids is 2. The predicted molar refractivity (Wildman–Crippen MR) is 361 cm³/mol. The first-order chi connectivity index (χ1) is 40.5. The Kier molecular flexibility index (Phi) is 70.4. The Bertz CT molecular complexity index is 1280. The smallest absolute Gasteiger partial charge is 0.305 e. The molecule has 0 aliphatic heterocycles. The Morgan fingerprint density at radius 3 is 0.866 bits per heavy atom. The van der Waals surface area contributed by atoms with Crippen LogP contribution in [0.1, 0.15) is 425 Å². The molecule has 0 aliphatic rings. The number of ether oxygens (including phenoxy) is 1. The van der Waals surface area contributed by atoms with Gasteiger partial charge in [0.2, 0.25) is 5.91 Å². The van der Waals surface area contributed by atoms with Gasteiger partial charge in [-0.25, -0.2) is 0 Å². The van der Waals surface area contributed by atoms with Crippen molar-refractivity contribution in [3.8, 4) is 0 Å². The molecular formula is C76H147NO5. The molecule has 0 aliphatic carbocycles. The van der Waals surface area contributed by atoms with Gasteiger partial charge in [-0.1, -0.05) is 378 Å². The first-order valence-corrected chi connectivity index (χ1v) is 37.6. The molecule has 2 atom stereocenters. The lowest BCUT2D eigenvalue weighted by Crippen LogP contribution is -2.45. The van der Waals surface area contributed by atoms with Crippen molar-refractivity contribution in [2.75, 3.05) is 13.2 Å². The van der Waals surface area contributed by atoms with E-state index in [2.05, 4.69) is 31.3 Å². The third kappa shape index (κ3) is 67.5. The summed E-state index contributed by atoms with van der Waals surface area (Å²) < 4.78 is 5.51. The Balaban J connectivity index is 3.30. The highest BCUT2D eigenvalue weighted by Crippen LogP contribution is 2.19. The highest BCUT2D eigenvalue weighted by atomic mass is 16.5. The molecule has 3 N–H and O–H groups in total. The van der Waals surface area contributed by atoms with Crippen molar-refractivity contribution in [2.45, 2.75) is 437 Å². The summed E-state index contributed by atoms with van der Waals surface area (Å²) >= 11 is 0. The summed E-state index contributed by atoms with van der Waals surface area (Å²) in [5.41, 5.74) is 0. The molecule has 0 rings (SSSR count). The first-order valence-electron chi connectivity index (χ1n) is 37.6. The van der Waals surface area contributed by atoms with Gasteiger partial charge in [0.15, 0.2) is 0 Å². The summed E-state index contributed by atoms with van der Waals surface area (Å²) in [6.07, 6.45) is 91.5. The number of aliphatic hydroxyl groups is 2. The van der Waals surface area contributed by atoms with E-state index in [0.717, 1.165) is 38.5 Å². The van der Waals surface area contributed by atoms with E-state index in [1.54, 1.807) is 6.08 Å². The fourth-order valence-corrected chi connectivity index (χ4v) is 12.0. The molecule has 0 spiro atoms. The number of amides is 1. The van der Waals surface area contributed by atoms with Crippen LogP contribution in [-0.4, -0.2) is 47.4 Å². The second kappa shape index (κ2) is 71.8. The van der Waals surface area contributed by atoms with E-state index in [1.807, 2.05) is 6.08 Å². The van der Waals surface area contributed by atoms with Gasteiger partial charge in [-0.15, -0.1) is 0 Å². The van der Waals surface area contributed by atoms with Gasteiger partial charge < -0.3 is 20.3 Å². The molecule has 0 aromatic heterocycles. The number of aliphatic hydroxyl groups excluding tert-OH is 2. The standard InChI is InChI=1S/C76H147NO5/c1-3-5-7-9-11-13-15-17-18-38-42-46-50-54-58-62-66-70-76(81)82-71-67-63-59-55-51-47-43-40-37-35-33-31-29-27-25-23-21-19-20-22-24-26-28-30-32-34-36-39-41-45-49-53-57-61-65-69-75(80)77-73(72-78)74(79)68-64-60-56-52-48-44-16-14-12-10-8-6-4-2/h17-18,64,68,73-74,78-79H,3-16,19-63,65-67,69-72H2,1-2H3,(H,77,80)/b18-17-,68-64+. The zero-order valence-electron chi connectivity index (χ0n) is 55.8. The number of esters is 1. The van der Waals surface area contributed by atoms with Gasteiger partial charge in [-0.2, -0.15) is 0 Å². The Morgan fingerprint density at radius 2 is 0.573 bits per heavy atom. The van der Waals surface area contributed by atoms with Crippen molar-refractivity contribution >= 4 is 11.9 Å². The van der Waals surface area contributed by atoms with Crippen molar-refractivity contribution in [1.82, 2.24) is 5.32 Å². The fourth-order valence-electron chi connectivity index (χ4n) is 12.0. The van der Waals surface area contributed by atoms with Crippen molar-refractivity contribution in [3.63, 3.8) is 0 Å². The van der Waals surface area contributed by atoms with E-state index >= 15 is 0 Å². The second-order valence-electron chi connectivity index (χ2n) is 26.0. The normalized spacial score (nSPS) is 12.6. The molecule has 6 heteroatoms. The molecule has 0 saturated carbocycles. The number of nitrogens with one attached hydrogen (secondary N) is 1. The lowest BCUT2D eigenvalue weighted by Gasteiger charge is -2.20. The Hall–Kier alpha value is -1.66. The lowest BCUT2D eigenvalue weighted by molar-refractivity contribution is -0.143. The highest BCUT2D eigenvalue weighted by Gasteiger charge is 2.18. The van der Waals surface area contributed by atoms with Gasteiger partial charge in [-0.05, 0) is 57.8 Å². The summed E-state index contributed by atoms with van der Waals surface area (Å²) in [5, 5.41) is 23.1. The molecule has 0 radical (unpaired) electrons. The van der Waals surface area contributed by atoms with Crippen molar-refractivity contribution in [1.29, 1.82) is 0 Å². The summed E-state index contributed by atoms with van der Waals surface area (Å²) in [5.74, 6) is -0.0410. The van der Waals surface area contributed by atoms with Crippen LogP contribution in [-0.2, 0) is 14.3 Å². The molecule has 0 saturated heterocycles. The van der Waals surface area contributed by atoms with Gasteiger partial charge in [0.1, 0.15) is 0 Å². The third-order valence-electron chi connectivity index (χ3n) is 17.7. The van der Waals surface area contributed by atoms with E-state index in [9.17, 15) is 19.8 Å².